The van der Waals surface area contributed by atoms with Crippen molar-refractivity contribution >= 4 is 23.5 Å². The van der Waals surface area contributed by atoms with Crippen LogP contribution >= 0.6 is 0 Å². The summed E-state index contributed by atoms with van der Waals surface area (Å²) in [5, 5.41) is 10.9. The molecule has 0 atom stereocenters. The third-order valence-corrected chi connectivity index (χ3v) is 4.51. The zero-order chi connectivity index (χ0) is 21.0. The molecule has 28 heavy (non-hydrogen) atoms. The number of cyclic esters (lactones) is 1. The fourth-order valence-electron chi connectivity index (χ4n) is 3.05. The molecular formula is C19H21F2NO6. The maximum Gasteiger partial charge on any atom is 0.341 e. The number of ether oxygens (including phenoxy) is 2. The molecule has 7 nitrogen and oxygen atoms in total. The number of anilines is 1. The number of rotatable bonds is 8. The molecule has 0 saturated heterocycles. The molecule has 0 radical (unpaired) electrons. The van der Waals surface area contributed by atoms with Gasteiger partial charge in [-0.2, -0.15) is 8.78 Å². The maximum absolute atomic E-state index is 12.8. The third-order valence-electron chi connectivity index (χ3n) is 4.51. The summed E-state index contributed by atoms with van der Waals surface area (Å²) in [5.74, 6) is -2.84. The number of allylic oxidation sites excluding steroid dienone is 2. The Morgan fingerprint density at radius 1 is 1.36 bits per heavy atom. The highest BCUT2D eigenvalue weighted by Crippen LogP contribution is 2.41. The van der Waals surface area contributed by atoms with Crippen molar-refractivity contribution in [2.24, 2.45) is 0 Å². The number of halogens is 2. The minimum Gasteiger partial charge on any atom is -0.496 e. The van der Waals surface area contributed by atoms with Gasteiger partial charge in [-0.1, -0.05) is 11.6 Å². The Balaban J connectivity index is 2.55. The van der Waals surface area contributed by atoms with Gasteiger partial charge >= 0.3 is 18.4 Å². The van der Waals surface area contributed by atoms with Gasteiger partial charge in [0, 0.05) is 17.5 Å². The van der Waals surface area contributed by atoms with Crippen LogP contribution in [-0.4, -0.2) is 36.5 Å². The highest BCUT2D eigenvalue weighted by molar-refractivity contribution is 6.06. The van der Waals surface area contributed by atoms with Crippen molar-refractivity contribution in [1.82, 2.24) is 0 Å². The first-order valence-electron chi connectivity index (χ1n) is 8.53. The SMILES string of the molecule is COc1c(C)c2c(c(NC(=O)C(F)F)c1C/C=C(\C)CCC(=O)O)C(=O)OC2. The van der Waals surface area contributed by atoms with Crippen LogP contribution in [0.4, 0.5) is 14.5 Å². The number of fused-ring (bicyclic) bond motifs is 1. The van der Waals surface area contributed by atoms with Crippen molar-refractivity contribution in [3.63, 3.8) is 0 Å². The van der Waals surface area contributed by atoms with Crippen molar-refractivity contribution in [2.45, 2.75) is 46.1 Å². The minimum absolute atomic E-state index is 0.0400. The maximum atomic E-state index is 12.8. The zero-order valence-corrected chi connectivity index (χ0v) is 15.7. The van der Waals surface area contributed by atoms with Crippen LogP contribution in [-0.2, 0) is 27.4 Å². The van der Waals surface area contributed by atoms with Crippen LogP contribution in [0.3, 0.4) is 0 Å². The fraction of sp³-hybridized carbons (Fsp3) is 0.421. The lowest BCUT2D eigenvalue weighted by atomic mass is 9.93. The van der Waals surface area contributed by atoms with E-state index in [-0.39, 0.29) is 30.7 Å². The number of hydrogen-bond donors (Lipinski definition) is 2. The topological polar surface area (TPSA) is 102 Å². The number of esters is 1. The van der Waals surface area contributed by atoms with E-state index in [9.17, 15) is 23.2 Å². The van der Waals surface area contributed by atoms with Crippen molar-refractivity contribution in [1.29, 1.82) is 0 Å². The summed E-state index contributed by atoms with van der Waals surface area (Å²) in [6.07, 6.45) is -1.15. The van der Waals surface area contributed by atoms with Crippen LogP contribution in [0.1, 0.15) is 46.8 Å². The molecule has 0 spiro atoms. The lowest BCUT2D eigenvalue weighted by Crippen LogP contribution is -2.23. The van der Waals surface area contributed by atoms with E-state index < -0.39 is 24.3 Å². The van der Waals surface area contributed by atoms with E-state index >= 15 is 0 Å². The number of carboxylic acids is 1. The van der Waals surface area contributed by atoms with Crippen molar-refractivity contribution in [3.05, 3.63) is 33.9 Å². The first kappa shape index (κ1) is 21.3. The summed E-state index contributed by atoms with van der Waals surface area (Å²) in [6.45, 7) is 3.41. The second-order valence-electron chi connectivity index (χ2n) is 6.38. The largest absolute Gasteiger partial charge is 0.496 e. The number of alkyl halides is 2. The summed E-state index contributed by atoms with van der Waals surface area (Å²) in [6, 6.07) is 0. The van der Waals surface area contributed by atoms with Gasteiger partial charge in [-0.25, -0.2) is 4.79 Å². The standard InChI is InChI=1S/C19H21F2NO6/c1-9(5-7-13(23)24)4-6-11-15(22-18(25)17(20)21)14-12(8-28-19(14)26)10(2)16(11)27-3/h4,17H,5-8H2,1-3H3,(H,22,25)(H,23,24)/b9-4+. The molecule has 0 aliphatic carbocycles. The summed E-state index contributed by atoms with van der Waals surface area (Å²) >= 11 is 0. The summed E-state index contributed by atoms with van der Waals surface area (Å²) < 4.78 is 36.1. The van der Waals surface area contributed by atoms with Gasteiger partial charge in [0.2, 0.25) is 0 Å². The lowest BCUT2D eigenvalue weighted by Gasteiger charge is -2.19. The molecule has 1 aromatic carbocycles. The van der Waals surface area contributed by atoms with Crippen LogP contribution in [0, 0.1) is 6.92 Å². The molecule has 1 aliphatic rings. The predicted molar refractivity (Wildman–Crippen MR) is 95.8 cm³/mol. The number of methoxy groups -OCH3 is 1. The molecular weight excluding hydrogens is 376 g/mol. The van der Waals surface area contributed by atoms with Gasteiger partial charge in [0.25, 0.3) is 5.91 Å². The van der Waals surface area contributed by atoms with Gasteiger partial charge in [0.15, 0.2) is 0 Å². The number of benzene rings is 1. The Bertz CT molecular complexity index is 848. The van der Waals surface area contributed by atoms with Crippen LogP contribution in [0.25, 0.3) is 0 Å². The lowest BCUT2D eigenvalue weighted by molar-refractivity contribution is -0.137. The number of carbonyl (C=O) groups excluding carboxylic acids is 2. The fourth-order valence-corrected chi connectivity index (χ4v) is 3.05. The quantitative estimate of drug-likeness (QED) is 0.516. The van der Waals surface area contributed by atoms with Gasteiger partial charge in [-0.05, 0) is 32.3 Å². The highest BCUT2D eigenvalue weighted by Gasteiger charge is 2.33. The van der Waals surface area contributed by atoms with Crippen molar-refractivity contribution in [3.8, 4) is 5.75 Å². The number of nitrogens with one attached hydrogen (secondary N) is 1. The van der Waals surface area contributed by atoms with Gasteiger partial charge in [-0.15, -0.1) is 0 Å². The van der Waals surface area contributed by atoms with Crippen molar-refractivity contribution in [2.75, 3.05) is 12.4 Å². The average molecular weight is 397 g/mol. The predicted octanol–water partition coefficient (Wildman–Crippen LogP) is 3.23. The van der Waals surface area contributed by atoms with E-state index in [1.54, 1.807) is 19.9 Å². The van der Waals surface area contributed by atoms with E-state index in [4.69, 9.17) is 14.6 Å². The number of carbonyl (C=O) groups is 3. The Hall–Kier alpha value is -2.97. The Morgan fingerprint density at radius 2 is 2.04 bits per heavy atom. The average Bonchev–Trinajstić information content (AvgIpc) is 3.02. The van der Waals surface area contributed by atoms with Crippen LogP contribution in [0.2, 0.25) is 0 Å². The van der Waals surface area contributed by atoms with E-state index in [0.717, 1.165) is 5.57 Å². The van der Waals surface area contributed by atoms with E-state index in [0.29, 0.717) is 28.9 Å². The van der Waals surface area contributed by atoms with Gasteiger partial charge in [0.05, 0.1) is 18.4 Å². The molecule has 9 heteroatoms. The molecule has 0 unspecified atom stereocenters. The number of amides is 1. The van der Waals surface area contributed by atoms with E-state index in [1.165, 1.54) is 7.11 Å². The van der Waals surface area contributed by atoms with Crippen LogP contribution in [0.15, 0.2) is 11.6 Å². The first-order chi connectivity index (χ1) is 13.2. The normalized spacial score (nSPS) is 13.4. The number of carboxylic acid groups (broad SMARTS) is 1. The highest BCUT2D eigenvalue weighted by atomic mass is 19.3. The molecule has 1 aliphatic heterocycles. The second-order valence-corrected chi connectivity index (χ2v) is 6.38. The van der Waals surface area contributed by atoms with E-state index in [1.807, 2.05) is 0 Å². The van der Waals surface area contributed by atoms with Gasteiger partial charge < -0.3 is 19.9 Å². The van der Waals surface area contributed by atoms with Crippen LogP contribution in [0.5, 0.6) is 5.75 Å². The Morgan fingerprint density at radius 3 is 2.61 bits per heavy atom. The zero-order valence-electron chi connectivity index (χ0n) is 15.7. The Kier molecular flexibility index (Phi) is 6.71. The van der Waals surface area contributed by atoms with E-state index in [2.05, 4.69) is 5.32 Å². The smallest absolute Gasteiger partial charge is 0.341 e. The number of aliphatic carboxylic acids is 1. The van der Waals surface area contributed by atoms with Gasteiger partial charge in [-0.3, -0.25) is 9.59 Å². The molecule has 0 saturated carbocycles. The molecule has 1 heterocycles. The molecule has 2 N–H and O–H groups in total. The third kappa shape index (κ3) is 4.47. The van der Waals surface area contributed by atoms with Crippen molar-refractivity contribution < 1.29 is 37.7 Å². The minimum atomic E-state index is -3.26. The molecule has 1 amide bonds. The molecule has 2 rings (SSSR count). The summed E-state index contributed by atoms with van der Waals surface area (Å²) in [4.78, 5) is 34.5. The van der Waals surface area contributed by atoms with Crippen LogP contribution < -0.4 is 10.1 Å². The summed E-state index contributed by atoms with van der Waals surface area (Å²) in [5.41, 5.74) is 2.18. The Labute approximate surface area is 160 Å². The monoisotopic (exact) mass is 397 g/mol. The molecule has 152 valence electrons. The molecule has 0 aromatic heterocycles. The molecule has 0 bridgehead atoms. The first-order valence-corrected chi connectivity index (χ1v) is 8.53. The second kappa shape index (κ2) is 8.81. The number of hydrogen-bond acceptors (Lipinski definition) is 5. The molecule has 1 aromatic rings. The summed E-state index contributed by atoms with van der Waals surface area (Å²) in [7, 11) is 1.40. The molecule has 0 fully saturated rings. The van der Waals surface area contributed by atoms with Gasteiger partial charge in [0.1, 0.15) is 12.4 Å².